The Labute approximate surface area is 198 Å². The number of benzene rings is 2. The molecule has 11 heteroatoms. The Balaban J connectivity index is 1.52. The van der Waals surface area contributed by atoms with E-state index in [0.29, 0.717) is 17.8 Å². The molecule has 0 fully saturated rings. The Bertz CT molecular complexity index is 1290. The Hall–Kier alpha value is -4.33. The van der Waals surface area contributed by atoms with E-state index in [1.807, 2.05) is 13.0 Å². The minimum absolute atomic E-state index is 0.193. The molecule has 2 amide bonds. The number of amides is 2. The third-order valence-corrected chi connectivity index (χ3v) is 5.41. The van der Waals surface area contributed by atoms with E-state index in [4.69, 9.17) is 10.00 Å². The van der Waals surface area contributed by atoms with Gasteiger partial charge >= 0.3 is 6.18 Å². The zero-order chi connectivity index (χ0) is 25.2. The van der Waals surface area contributed by atoms with Gasteiger partial charge in [0.25, 0.3) is 11.8 Å². The second-order valence-corrected chi connectivity index (χ2v) is 7.97. The minimum atomic E-state index is -4.30. The molecule has 0 saturated heterocycles. The molecular formula is C24H20F3N5O3. The minimum Gasteiger partial charge on any atom is -0.493 e. The molecule has 0 saturated carbocycles. The zero-order valence-corrected chi connectivity index (χ0v) is 18.5. The van der Waals surface area contributed by atoms with Crippen molar-refractivity contribution in [2.75, 3.05) is 16.8 Å². The van der Waals surface area contributed by atoms with E-state index in [1.165, 1.54) is 34.0 Å². The molecule has 1 aromatic heterocycles. The van der Waals surface area contributed by atoms with Crippen LogP contribution in [0.2, 0.25) is 0 Å². The highest BCUT2D eigenvalue weighted by molar-refractivity contribution is 6.13. The molecule has 4 rings (SSSR count). The van der Waals surface area contributed by atoms with Crippen LogP contribution in [0.5, 0.6) is 5.75 Å². The summed E-state index contributed by atoms with van der Waals surface area (Å²) < 4.78 is 43.6. The fourth-order valence-electron chi connectivity index (χ4n) is 3.77. The summed E-state index contributed by atoms with van der Waals surface area (Å²) in [4.78, 5) is 27.6. The van der Waals surface area contributed by atoms with Crippen LogP contribution in [-0.2, 0) is 6.54 Å². The van der Waals surface area contributed by atoms with Gasteiger partial charge in [0.15, 0.2) is 0 Å². The standard InChI is InChI=1S/C24H20F3N5O3/c1-15-14-31-21(20(13-29-31)30-22(33)17-4-2-3-16(11-17)12-28)23(34)32(15)18-5-7-19(8-6-18)35-10-9-24(25,26)27/h2-8,11,13,15H,9-10,14H2,1H3,(H,30,33)/t15-/m0/s1. The fraction of sp³-hybridized carbons (Fsp3) is 0.250. The van der Waals surface area contributed by atoms with Crippen LogP contribution in [0, 0.1) is 11.3 Å². The number of alkyl halides is 3. The average molecular weight is 483 g/mol. The number of hydrogen-bond acceptors (Lipinski definition) is 5. The normalized spacial score (nSPS) is 15.3. The van der Waals surface area contributed by atoms with Gasteiger partial charge in [0.1, 0.15) is 11.4 Å². The highest BCUT2D eigenvalue weighted by Crippen LogP contribution is 2.30. The summed E-state index contributed by atoms with van der Waals surface area (Å²) in [6, 6.07) is 14.1. The number of halogens is 3. The van der Waals surface area contributed by atoms with Crippen LogP contribution in [0.15, 0.2) is 54.7 Å². The molecule has 2 aromatic carbocycles. The number of ether oxygens (including phenoxy) is 1. The van der Waals surface area contributed by atoms with Crippen molar-refractivity contribution in [1.82, 2.24) is 9.78 Å². The maximum Gasteiger partial charge on any atom is 0.392 e. The zero-order valence-electron chi connectivity index (χ0n) is 18.5. The molecule has 1 N–H and O–H groups in total. The van der Waals surface area contributed by atoms with Crippen LogP contribution in [0.3, 0.4) is 0 Å². The Kier molecular flexibility index (Phi) is 6.46. The predicted octanol–water partition coefficient (Wildman–Crippen LogP) is 4.39. The molecule has 0 unspecified atom stereocenters. The number of nitrogens with zero attached hydrogens (tertiary/aromatic N) is 4. The van der Waals surface area contributed by atoms with Gasteiger partial charge in [0, 0.05) is 11.3 Å². The van der Waals surface area contributed by atoms with Gasteiger partial charge < -0.3 is 15.0 Å². The number of anilines is 2. The van der Waals surface area contributed by atoms with Gasteiger partial charge in [-0.2, -0.15) is 23.5 Å². The van der Waals surface area contributed by atoms with Crippen molar-refractivity contribution in [1.29, 1.82) is 5.26 Å². The molecule has 1 aliphatic heterocycles. The van der Waals surface area contributed by atoms with Crippen LogP contribution in [-0.4, -0.2) is 40.4 Å². The maximum atomic E-state index is 13.4. The molecule has 3 aromatic rings. The van der Waals surface area contributed by atoms with Crippen LogP contribution in [0.4, 0.5) is 24.5 Å². The largest absolute Gasteiger partial charge is 0.493 e. The number of fused-ring (bicyclic) bond motifs is 1. The lowest BCUT2D eigenvalue weighted by Gasteiger charge is -2.34. The lowest BCUT2D eigenvalue weighted by Crippen LogP contribution is -2.47. The van der Waals surface area contributed by atoms with E-state index in [9.17, 15) is 22.8 Å². The molecule has 0 bridgehead atoms. The Morgan fingerprint density at radius 3 is 2.69 bits per heavy atom. The lowest BCUT2D eigenvalue weighted by molar-refractivity contribution is -0.139. The molecule has 0 radical (unpaired) electrons. The summed E-state index contributed by atoms with van der Waals surface area (Å²) in [5, 5.41) is 16.0. The monoisotopic (exact) mass is 483 g/mol. The van der Waals surface area contributed by atoms with Crippen molar-refractivity contribution >= 4 is 23.2 Å². The highest BCUT2D eigenvalue weighted by Gasteiger charge is 2.34. The molecule has 1 aliphatic rings. The smallest absolute Gasteiger partial charge is 0.392 e. The molecule has 1 atom stereocenters. The van der Waals surface area contributed by atoms with Gasteiger partial charge in [-0.05, 0) is 49.4 Å². The van der Waals surface area contributed by atoms with Gasteiger partial charge in [-0.3, -0.25) is 14.3 Å². The summed E-state index contributed by atoms with van der Waals surface area (Å²) in [6.07, 6.45) is -3.97. The first-order chi connectivity index (χ1) is 16.7. The van der Waals surface area contributed by atoms with Crippen LogP contribution in [0.25, 0.3) is 0 Å². The van der Waals surface area contributed by atoms with E-state index in [1.54, 1.807) is 30.3 Å². The number of hydrogen-bond donors (Lipinski definition) is 1. The van der Waals surface area contributed by atoms with Gasteiger partial charge in [-0.1, -0.05) is 6.07 Å². The first-order valence-corrected chi connectivity index (χ1v) is 10.7. The van der Waals surface area contributed by atoms with Gasteiger partial charge in [0.2, 0.25) is 0 Å². The summed E-state index contributed by atoms with van der Waals surface area (Å²) >= 11 is 0. The second kappa shape index (κ2) is 9.50. The second-order valence-electron chi connectivity index (χ2n) is 7.97. The van der Waals surface area contributed by atoms with Crippen molar-refractivity contribution in [3.05, 3.63) is 71.5 Å². The van der Waals surface area contributed by atoms with Crippen molar-refractivity contribution in [3.63, 3.8) is 0 Å². The van der Waals surface area contributed by atoms with Crippen molar-refractivity contribution in [2.24, 2.45) is 0 Å². The number of carbonyl (C=O) groups is 2. The Morgan fingerprint density at radius 2 is 2.00 bits per heavy atom. The SMILES string of the molecule is C[C@H]1Cn2ncc(NC(=O)c3cccc(C#N)c3)c2C(=O)N1c1ccc(OCCC(F)(F)F)cc1. The lowest BCUT2D eigenvalue weighted by atomic mass is 10.1. The van der Waals surface area contributed by atoms with Gasteiger partial charge in [-0.25, -0.2) is 0 Å². The maximum absolute atomic E-state index is 13.4. The number of carbonyl (C=O) groups excluding carboxylic acids is 2. The van der Waals surface area contributed by atoms with E-state index in [0.717, 1.165) is 0 Å². The molecule has 180 valence electrons. The number of nitrogens with one attached hydrogen (secondary N) is 1. The summed E-state index contributed by atoms with van der Waals surface area (Å²) in [5.41, 5.74) is 1.54. The number of rotatable bonds is 6. The summed E-state index contributed by atoms with van der Waals surface area (Å²) in [7, 11) is 0. The van der Waals surface area contributed by atoms with Gasteiger partial charge in [0.05, 0.1) is 49.1 Å². The summed E-state index contributed by atoms with van der Waals surface area (Å²) in [5.74, 6) is -0.628. The predicted molar refractivity (Wildman–Crippen MR) is 120 cm³/mol. The van der Waals surface area contributed by atoms with Gasteiger partial charge in [-0.15, -0.1) is 0 Å². The summed E-state index contributed by atoms with van der Waals surface area (Å²) in [6.45, 7) is 1.70. The molecule has 2 heterocycles. The van der Waals surface area contributed by atoms with Crippen molar-refractivity contribution in [2.45, 2.75) is 32.1 Å². The van der Waals surface area contributed by atoms with Crippen LogP contribution in [0.1, 0.15) is 39.8 Å². The molecule has 0 spiro atoms. The first kappa shape index (κ1) is 23.8. The third kappa shape index (κ3) is 5.27. The van der Waals surface area contributed by atoms with Crippen molar-refractivity contribution in [3.8, 4) is 11.8 Å². The number of nitriles is 1. The van der Waals surface area contributed by atoms with Crippen LogP contribution < -0.4 is 15.0 Å². The highest BCUT2D eigenvalue weighted by atomic mass is 19.4. The topological polar surface area (TPSA) is 100 Å². The van der Waals surface area contributed by atoms with Crippen molar-refractivity contribution < 1.29 is 27.5 Å². The van der Waals surface area contributed by atoms with E-state index < -0.39 is 31.0 Å². The molecule has 8 nitrogen and oxygen atoms in total. The molecule has 35 heavy (non-hydrogen) atoms. The van der Waals surface area contributed by atoms with E-state index in [-0.39, 0.29) is 28.7 Å². The third-order valence-electron chi connectivity index (χ3n) is 5.41. The first-order valence-electron chi connectivity index (χ1n) is 10.7. The van der Waals surface area contributed by atoms with E-state index >= 15 is 0 Å². The quantitative estimate of drug-likeness (QED) is 0.561. The Morgan fingerprint density at radius 1 is 1.26 bits per heavy atom. The number of aromatic nitrogens is 2. The van der Waals surface area contributed by atoms with Crippen LogP contribution >= 0.6 is 0 Å². The average Bonchev–Trinajstić information content (AvgIpc) is 3.21. The fourth-order valence-corrected chi connectivity index (χ4v) is 3.77. The molecular weight excluding hydrogens is 463 g/mol. The molecule has 0 aliphatic carbocycles. The van der Waals surface area contributed by atoms with E-state index in [2.05, 4.69) is 10.4 Å².